The lowest BCUT2D eigenvalue weighted by molar-refractivity contribution is 0.0521. The van der Waals surface area contributed by atoms with E-state index in [1.165, 1.54) is 0 Å². The minimum absolute atomic E-state index is 0.0231. The van der Waals surface area contributed by atoms with E-state index >= 15 is 0 Å². The topological polar surface area (TPSA) is 84.9 Å². The van der Waals surface area contributed by atoms with Crippen LogP contribution in [-0.4, -0.2) is 28.9 Å². The van der Waals surface area contributed by atoms with Gasteiger partial charge >= 0.3 is 5.97 Å². The molecule has 0 aliphatic carbocycles. The molecule has 0 atom stereocenters. The Bertz CT molecular complexity index is 1130. The molecule has 2 aromatic heterocycles. The van der Waals surface area contributed by atoms with Crippen molar-refractivity contribution in [2.24, 2.45) is 4.99 Å². The van der Waals surface area contributed by atoms with Gasteiger partial charge in [-0.3, -0.25) is 0 Å². The third-order valence-electron chi connectivity index (χ3n) is 4.45. The SMILES string of the molecule is CCOC(=O)c1c(Cc2ccc(Cl)cc2)oc(C=C2C=Nc3ncccc32)c1O. The van der Waals surface area contributed by atoms with E-state index in [0.29, 0.717) is 23.0 Å². The van der Waals surface area contributed by atoms with Crippen molar-refractivity contribution in [1.82, 2.24) is 4.98 Å². The quantitative estimate of drug-likeness (QED) is 0.596. The molecule has 146 valence electrons. The molecule has 0 bridgehead atoms. The Morgan fingerprint density at radius 1 is 1.28 bits per heavy atom. The van der Waals surface area contributed by atoms with Crippen LogP contribution in [0.2, 0.25) is 5.02 Å². The van der Waals surface area contributed by atoms with Gasteiger partial charge in [-0.15, -0.1) is 0 Å². The first kappa shape index (κ1) is 19.0. The van der Waals surface area contributed by atoms with E-state index in [0.717, 1.165) is 16.7 Å². The van der Waals surface area contributed by atoms with Gasteiger partial charge in [0.05, 0.1) is 6.61 Å². The summed E-state index contributed by atoms with van der Waals surface area (Å²) in [6, 6.07) is 10.9. The van der Waals surface area contributed by atoms with Crippen LogP contribution in [0.4, 0.5) is 5.82 Å². The molecule has 1 N–H and O–H groups in total. The van der Waals surface area contributed by atoms with E-state index in [1.807, 2.05) is 18.2 Å². The number of hydrogen-bond donors (Lipinski definition) is 1. The van der Waals surface area contributed by atoms with E-state index in [9.17, 15) is 9.90 Å². The predicted octanol–water partition coefficient (Wildman–Crippen LogP) is 5.06. The number of esters is 1. The molecule has 0 spiro atoms. The zero-order chi connectivity index (χ0) is 20.4. The first-order valence-electron chi connectivity index (χ1n) is 9.04. The van der Waals surface area contributed by atoms with E-state index < -0.39 is 5.97 Å². The highest BCUT2D eigenvalue weighted by molar-refractivity contribution is 6.30. The van der Waals surface area contributed by atoms with Crippen molar-refractivity contribution in [3.05, 3.63) is 75.8 Å². The van der Waals surface area contributed by atoms with Crippen molar-refractivity contribution in [2.75, 3.05) is 6.61 Å². The van der Waals surface area contributed by atoms with Crippen molar-refractivity contribution < 1.29 is 19.1 Å². The maximum Gasteiger partial charge on any atom is 0.345 e. The van der Waals surface area contributed by atoms with Crippen LogP contribution in [0, 0.1) is 0 Å². The number of benzene rings is 1. The van der Waals surface area contributed by atoms with Crippen molar-refractivity contribution in [3.8, 4) is 5.75 Å². The average Bonchev–Trinajstić information content (AvgIpc) is 3.25. The van der Waals surface area contributed by atoms with Crippen LogP contribution in [0.5, 0.6) is 5.75 Å². The summed E-state index contributed by atoms with van der Waals surface area (Å²) in [6.45, 7) is 1.89. The molecule has 1 aromatic carbocycles. The van der Waals surface area contributed by atoms with Crippen LogP contribution < -0.4 is 0 Å². The van der Waals surface area contributed by atoms with Gasteiger partial charge in [-0.1, -0.05) is 23.7 Å². The molecule has 7 heteroatoms. The molecule has 0 radical (unpaired) electrons. The lowest BCUT2D eigenvalue weighted by Gasteiger charge is -2.03. The van der Waals surface area contributed by atoms with Crippen molar-refractivity contribution in [3.63, 3.8) is 0 Å². The third kappa shape index (κ3) is 3.79. The minimum atomic E-state index is -0.635. The fraction of sp³-hybridized carbons (Fsp3) is 0.136. The summed E-state index contributed by atoms with van der Waals surface area (Å²) in [5.74, 6) is 0.179. The standard InChI is InChI=1S/C22H17ClN2O4/c1-2-28-22(27)19-17(10-13-5-7-15(23)8-6-13)29-18(20(19)26)11-14-12-25-21-16(14)4-3-9-24-21/h3-9,11-12,26H,2,10H2,1H3. The Morgan fingerprint density at radius 2 is 2.07 bits per heavy atom. The van der Waals surface area contributed by atoms with Crippen LogP contribution in [0.25, 0.3) is 11.6 Å². The maximum atomic E-state index is 12.5. The molecular weight excluding hydrogens is 392 g/mol. The molecule has 1 aliphatic heterocycles. The number of pyridine rings is 1. The molecule has 1 aliphatic rings. The molecule has 3 aromatic rings. The number of carbonyl (C=O) groups excluding carboxylic acids is 1. The van der Waals surface area contributed by atoms with Crippen molar-refractivity contribution in [2.45, 2.75) is 13.3 Å². The van der Waals surface area contributed by atoms with Crippen molar-refractivity contribution >= 4 is 41.3 Å². The van der Waals surface area contributed by atoms with E-state index in [1.54, 1.807) is 43.6 Å². The third-order valence-corrected chi connectivity index (χ3v) is 4.70. The molecule has 6 nitrogen and oxygen atoms in total. The Kier molecular flexibility index (Phi) is 5.18. The van der Waals surface area contributed by atoms with Crippen LogP contribution >= 0.6 is 11.6 Å². The summed E-state index contributed by atoms with van der Waals surface area (Å²) in [5, 5.41) is 11.3. The second-order valence-corrected chi connectivity index (χ2v) is 6.81. The van der Waals surface area contributed by atoms with Crippen LogP contribution in [0.3, 0.4) is 0 Å². The summed E-state index contributed by atoms with van der Waals surface area (Å²) in [5.41, 5.74) is 2.45. The number of aromatic hydroxyl groups is 1. The van der Waals surface area contributed by atoms with E-state index in [4.69, 9.17) is 20.8 Å². The second-order valence-electron chi connectivity index (χ2n) is 6.37. The first-order chi connectivity index (χ1) is 14.1. The van der Waals surface area contributed by atoms with Gasteiger partial charge in [0.25, 0.3) is 0 Å². The number of aliphatic imine (C=N–C) groups is 1. The number of furan rings is 1. The Balaban J connectivity index is 1.76. The number of ether oxygens (including phenoxy) is 1. The fourth-order valence-corrected chi connectivity index (χ4v) is 3.22. The minimum Gasteiger partial charge on any atom is -0.504 e. The molecule has 29 heavy (non-hydrogen) atoms. The van der Waals surface area contributed by atoms with Gasteiger partial charge in [0, 0.05) is 35.0 Å². The highest BCUT2D eigenvalue weighted by atomic mass is 35.5. The average molecular weight is 409 g/mol. The largest absolute Gasteiger partial charge is 0.504 e. The number of fused-ring (bicyclic) bond motifs is 1. The summed E-state index contributed by atoms with van der Waals surface area (Å²) < 4.78 is 11.0. The van der Waals surface area contributed by atoms with E-state index in [-0.39, 0.29) is 23.7 Å². The number of aromatic nitrogens is 1. The van der Waals surface area contributed by atoms with E-state index in [2.05, 4.69) is 9.98 Å². The smallest absolute Gasteiger partial charge is 0.345 e. The summed E-state index contributed by atoms with van der Waals surface area (Å²) in [4.78, 5) is 20.9. The Morgan fingerprint density at radius 3 is 2.83 bits per heavy atom. The second kappa shape index (κ2) is 7.93. The first-order valence-corrected chi connectivity index (χ1v) is 9.42. The molecule has 0 unspecified atom stereocenters. The highest BCUT2D eigenvalue weighted by Gasteiger charge is 2.27. The van der Waals surface area contributed by atoms with Gasteiger partial charge in [-0.05, 0) is 42.8 Å². The zero-order valence-electron chi connectivity index (χ0n) is 15.6. The van der Waals surface area contributed by atoms with Crippen LogP contribution in [-0.2, 0) is 11.2 Å². The highest BCUT2D eigenvalue weighted by Crippen LogP contribution is 2.36. The summed E-state index contributed by atoms with van der Waals surface area (Å²) >= 11 is 5.94. The van der Waals surface area contributed by atoms with Crippen LogP contribution in [0.1, 0.15) is 39.9 Å². The molecule has 0 fully saturated rings. The normalized spacial score (nSPS) is 13.7. The molecule has 4 rings (SSSR count). The molecule has 3 heterocycles. The number of nitrogens with zero attached hydrogens (tertiary/aromatic N) is 2. The van der Waals surface area contributed by atoms with Gasteiger partial charge < -0.3 is 14.3 Å². The molecular formula is C22H17ClN2O4. The number of rotatable bonds is 5. The van der Waals surface area contributed by atoms with Crippen LogP contribution in [0.15, 0.2) is 52.0 Å². The maximum absolute atomic E-state index is 12.5. The molecule has 0 amide bonds. The Labute approximate surface area is 172 Å². The zero-order valence-corrected chi connectivity index (χ0v) is 16.3. The number of carbonyl (C=O) groups is 1. The van der Waals surface area contributed by atoms with Crippen molar-refractivity contribution in [1.29, 1.82) is 0 Å². The lowest BCUT2D eigenvalue weighted by atomic mass is 10.1. The summed E-state index contributed by atoms with van der Waals surface area (Å²) in [6.07, 6.45) is 5.24. The van der Waals surface area contributed by atoms with Gasteiger partial charge in [-0.25, -0.2) is 14.8 Å². The Hall–Kier alpha value is -3.38. The van der Waals surface area contributed by atoms with Gasteiger partial charge in [0.15, 0.2) is 17.3 Å². The molecule has 0 saturated carbocycles. The fourth-order valence-electron chi connectivity index (χ4n) is 3.09. The summed E-state index contributed by atoms with van der Waals surface area (Å²) in [7, 11) is 0. The van der Waals surface area contributed by atoms with Gasteiger partial charge in [-0.2, -0.15) is 0 Å². The molecule has 0 saturated heterocycles. The number of halogens is 1. The van der Waals surface area contributed by atoms with Gasteiger partial charge in [0.2, 0.25) is 0 Å². The van der Waals surface area contributed by atoms with Gasteiger partial charge in [0.1, 0.15) is 11.3 Å². The lowest BCUT2D eigenvalue weighted by Crippen LogP contribution is -2.06. The number of allylic oxidation sites excluding steroid dienone is 1. The predicted molar refractivity (Wildman–Crippen MR) is 111 cm³/mol. The monoisotopic (exact) mass is 408 g/mol. The number of hydrogen-bond acceptors (Lipinski definition) is 6.